The molecule has 2 aromatic carbocycles. The lowest BCUT2D eigenvalue weighted by Gasteiger charge is -2.24. The van der Waals surface area contributed by atoms with E-state index in [0.717, 1.165) is 5.56 Å². The van der Waals surface area contributed by atoms with Crippen LogP contribution in [0.15, 0.2) is 48.5 Å². The summed E-state index contributed by atoms with van der Waals surface area (Å²) in [4.78, 5) is 39.8. The fourth-order valence-corrected chi connectivity index (χ4v) is 3.58. The average molecular weight is 505 g/mol. The maximum absolute atomic E-state index is 13.0. The molecule has 11 heteroatoms. The van der Waals surface area contributed by atoms with Gasteiger partial charge in [0.15, 0.2) is 0 Å². The summed E-state index contributed by atoms with van der Waals surface area (Å²) in [5, 5.41) is 15.2. The fraction of sp³-hybridized carbons (Fsp3) is 0.375. The molecule has 0 unspecified atom stereocenters. The van der Waals surface area contributed by atoms with Gasteiger partial charge in [0.1, 0.15) is 11.8 Å². The number of nitrogens with zero attached hydrogens (tertiary/aromatic N) is 1. The summed E-state index contributed by atoms with van der Waals surface area (Å²) in [6.07, 6.45) is 0.518. The molecule has 10 nitrogen and oxygen atoms in total. The van der Waals surface area contributed by atoms with Crippen LogP contribution in [0.4, 0.5) is 5.69 Å². The Bertz CT molecular complexity index is 985. The number of nitrogens with one attached hydrogen (secondary N) is 2. The van der Waals surface area contributed by atoms with Crippen LogP contribution in [0.2, 0.25) is 5.02 Å². The Balaban J connectivity index is 2.11. The van der Waals surface area contributed by atoms with Crippen LogP contribution in [0.25, 0.3) is 0 Å². The van der Waals surface area contributed by atoms with Gasteiger partial charge in [0, 0.05) is 32.2 Å². The number of benzene rings is 2. The highest BCUT2D eigenvalue weighted by Crippen LogP contribution is 2.26. The Hall–Kier alpha value is -3.18. The van der Waals surface area contributed by atoms with E-state index in [0.29, 0.717) is 19.5 Å². The predicted octanol–water partition coefficient (Wildman–Crippen LogP) is 0.565. The minimum absolute atomic E-state index is 0.0744. The van der Waals surface area contributed by atoms with Gasteiger partial charge in [-0.05, 0) is 30.5 Å². The first kappa shape index (κ1) is 28.1. The van der Waals surface area contributed by atoms with Crippen molar-refractivity contribution < 1.29 is 19.5 Å². The SMILES string of the molecule is NCCN(CCN)C(=O)C[C@H](N)C(=O)N[C@@H](CCc1ccccc1)C(=O)Nc1cc(O)ccc1Cl. The molecule has 0 fully saturated rings. The van der Waals surface area contributed by atoms with Crippen LogP contribution in [0.1, 0.15) is 18.4 Å². The van der Waals surface area contributed by atoms with Crippen molar-refractivity contribution in [3.05, 3.63) is 59.1 Å². The van der Waals surface area contributed by atoms with Crippen molar-refractivity contribution in [1.29, 1.82) is 0 Å². The Morgan fingerprint density at radius 2 is 1.66 bits per heavy atom. The average Bonchev–Trinajstić information content (AvgIpc) is 2.84. The van der Waals surface area contributed by atoms with Crippen LogP contribution >= 0.6 is 11.6 Å². The first-order chi connectivity index (χ1) is 16.7. The van der Waals surface area contributed by atoms with Gasteiger partial charge in [-0.3, -0.25) is 14.4 Å². The number of nitrogens with two attached hydrogens (primary N) is 3. The van der Waals surface area contributed by atoms with Gasteiger partial charge in [-0.25, -0.2) is 0 Å². The van der Waals surface area contributed by atoms with Crippen molar-refractivity contribution in [1.82, 2.24) is 10.2 Å². The molecule has 0 saturated heterocycles. The monoisotopic (exact) mass is 504 g/mol. The molecule has 190 valence electrons. The van der Waals surface area contributed by atoms with Crippen molar-refractivity contribution >= 4 is 35.0 Å². The van der Waals surface area contributed by atoms with Gasteiger partial charge >= 0.3 is 0 Å². The van der Waals surface area contributed by atoms with E-state index < -0.39 is 23.9 Å². The summed E-state index contributed by atoms with van der Waals surface area (Å²) in [6.45, 7) is 1.12. The van der Waals surface area contributed by atoms with E-state index in [4.69, 9.17) is 28.8 Å². The van der Waals surface area contributed by atoms with Crippen LogP contribution in [0, 0.1) is 0 Å². The zero-order chi connectivity index (χ0) is 25.8. The van der Waals surface area contributed by atoms with E-state index in [1.165, 1.54) is 23.1 Å². The van der Waals surface area contributed by atoms with Gasteiger partial charge in [-0.2, -0.15) is 0 Å². The third kappa shape index (κ3) is 9.18. The largest absolute Gasteiger partial charge is 0.508 e. The lowest BCUT2D eigenvalue weighted by molar-refractivity contribution is -0.134. The van der Waals surface area contributed by atoms with Gasteiger partial charge < -0.3 is 37.8 Å². The first-order valence-electron chi connectivity index (χ1n) is 11.3. The first-order valence-corrected chi connectivity index (χ1v) is 11.7. The van der Waals surface area contributed by atoms with Crippen molar-refractivity contribution in [2.24, 2.45) is 17.2 Å². The minimum atomic E-state index is -1.17. The fourth-order valence-electron chi connectivity index (χ4n) is 3.41. The molecule has 0 spiro atoms. The maximum Gasteiger partial charge on any atom is 0.247 e. The minimum Gasteiger partial charge on any atom is -0.508 e. The number of aryl methyl sites for hydroxylation is 1. The highest BCUT2D eigenvalue weighted by molar-refractivity contribution is 6.33. The van der Waals surface area contributed by atoms with E-state index in [1.54, 1.807) is 0 Å². The number of carbonyl (C=O) groups excluding carboxylic acids is 3. The zero-order valence-electron chi connectivity index (χ0n) is 19.5. The van der Waals surface area contributed by atoms with E-state index in [2.05, 4.69) is 10.6 Å². The van der Waals surface area contributed by atoms with Crippen molar-refractivity contribution in [3.63, 3.8) is 0 Å². The number of phenolic OH excluding ortho intramolecular Hbond substituents is 1. The van der Waals surface area contributed by atoms with Crippen molar-refractivity contribution in [2.45, 2.75) is 31.3 Å². The standard InChI is InChI=1S/C24H33ClN6O4/c25-18-8-7-17(32)14-21(18)30-24(35)20(9-6-16-4-2-1-3-5-16)29-23(34)19(28)15-22(33)31(12-10-26)13-11-27/h1-5,7-8,14,19-20,32H,6,9-13,15,26-28H2,(H,29,34)(H,30,35)/t19-,20-/m0/s1. The smallest absolute Gasteiger partial charge is 0.247 e. The number of phenols is 1. The molecule has 0 bridgehead atoms. The lowest BCUT2D eigenvalue weighted by Crippen LogP contribution is -2.52. The van der Waals surface area contributed by atoms with Gasteiger partial charge in [0.05, 0.1) is 23.2 Å². The Morgan fingerprint density at radius 3 is 2.29 bits per heavy atom. The highest BCUT2D eigenvalue weighted by atomic mass is 35.5. The molecule has 0 aromatic heterocycles. The molecule has 0 radical (unpaired) electrons. The maximum atomic E-state index is 13.0. The second-order valence-corrected chi connectivity index (χ2v) is 8.41. The van der Waals surface area contributed by atoms with Gasteiger partial charge in [-0.1, -0.05) is 41.9 Å². The normalized spacial score (nSPS) is 12.5. The van der Waals surface area contributed by atoms with Crippen LogP contribution in [-0.4, -0.2) is 66.0 Å². The summed E-state index contributed by atoms with van der Waals surface area (Å²) in [5.74, 6) is -1.60. The number of rotatable bonds is 13. The van der Waals surface area contributed by atoms with E-state index in [1.807, 2.05) is 30.3 Å². The third-order valence-electron chi connectivity index (χ3n) is 5.29. The number of hydrogen-bond donors (Lipinski definition) is 6. The third-order valence-corrected chi connectivity index (χ3v) is 5.62. The van der Waals surface area contributed by atoms with Gasteiger partial charge in [-0.15, -0.1) is 0 Å². The number of carbonyl (C=O) groups is 3. The lowest BCUT2D eigenvalue weighted by atomic mass is 10.0. The summed E-state index contributed by atoms with van der Waals surface area (Å²) < 4.78 is 0. The zero-order valence-corrected chi connectivity index (χ0v) is 20.2. The molecule has 9 N–H and O–H groups in total. The molecular weight excluding hydrogens is 472 g/mol. The summed E-state index contributed by atoms with van der Waals surface area (Å²) >= 11 is 6.12. The molecule has 0 aliphatic carbocycles. The van der Waals surface area contributed by atoms with E-state index in [-0.39, 0.29) is 48.3 Å². The second-order valence-electron chi connectivity index (χ2n) is 8.01. The summed E-state index contributed by atoms with van der Waals surface area (Å²) in [5.41, 5.74) is 18.3. The van der Waals surface area contributed by atoms with Gasteiger partial charge in [0.2, 0.25) is 17.7 Å². The quantitative estimate of drug-likeness (QED) is 0.231. The van der Waals surface area contributed by atoms with Crippen LogP contribution in [0.5, 0.6) is 5.75 Å². The molecular formula is C24H33ClN6O4. The number of halogens is 1. The number of amides is 3. The van der Waals surface area contributed by atoms with Crippen LogP contribution in [-0.2, 0) is 20.8 Å². The van der Waals surface area contributed by atoms with E-state index in [9.17, 15) is 19.5 Å². The Morgan fingerprint density at radius 1 is 1.00 bits per heavy atom. The molecule has 3 amide bonds. The van der Waals surface area contributed by atoms with Crippen molar-refractivity contribution in [3.8, 4) is 5.75 Å². The molecule has 35 heavy (non-hydrogen) atoms. The molecule has 2 atom stereocenters. The molecule has 0 aliphatic heterocycles. The second kappa shape index (κ2) is 14.3. The highest BCUT2D eigenvalue weighted by Gasteiger charge is 2.27. The van der Waals surface area contributed by atoms with Crippen LogP contribution in [0.3, 0.4) is 0 Å². The summed E-state index contributed by atoms with van der Waals surface area (Å²) in [7, 11) is 0. The number of aromatic hydroxyl groups is 1. The summed E-state index contributed by atoms with van der Waals surface area (Å²) in [6, 6.07) is 11.5. The number of hydrogen-bond acceptors (Lipinski definition) is 7. The Labute approximate surface area is 209 Å². The van der Waals surface area contributed by atoms with Gasteiger partial charge in [0.25, 0.3) is 0 Å². The molecule has 2 rings (SSSR count). The molecule has 2 aromatic rings. The Kier molecular flexibility index (Phi) is 11.4. The number of anilines is 1. The van der Waals surface area contributed by atoms with Crippen LogP contribution < -0.4 is 27.8 Å². The molecule has 0 heterocycles. The molecule has 0 aliphatic rings. The van der Waals surface area contributed by atoms with E-state index >= 15 is 0 Å². The predicted molar refractivity (Wildman–Crippen MR) is 136 cm³/mol. The van der Waals surface area contributed by atoms with Crippen molar-refractivity contribution in [2.75, 3.05) is 31.5 Å². The topological polar surface area (TPSA) is 177 Å². The molecule has 0 saturated carbocycles.